The van der Waals surface area contributed by atoms with Crippen molar-refractivity contribution in [1.29, 1.82) is 0 Å². The Kier molecular flexibility index (Phi) is 4.86. The molecular formula is C22H20N8O2. The summed E-state index contributed by atoms with van der Waals surface area (Å²) in [4.78, 5) is 13.0. The first-order valence-electron chi connectivity index (χ1n) is 9.98. The lowest BCUT2D eigenvalue weighted by Gasteiger charge is -2.13. The molecule has 3 heterocycles. The van der Waals surface area contributed by atoms with Gasteiger partial charge in [0.15, 0.2) is 5.65 Å². The zero-order valence-electron chi connectivity index (χ0n) is 17.5. The molecule has 0 aliphatic carbocycles. The van der Waals surface area contributed by atoms with Crippen molar-refractivity contribution < 1.29 is 9.47 Å². The summed E-state index contributed by atoms with van der Waals surface area (Å²) >= 11 is 0. The van der Waals surface area contributed by atoms with Crippen molar-refractivity contribution in [2.75, 3.05) is 17.7 Å². The number of aryl methyl sites for hydroxylation is 1. The van der Waals surface area contributed by atoms with E-state index in [0.29, 0.717) is 41.1 Å². The second-order valence-electron chi connectivity index (χ2n) is 7.09. The number of nitrogens with two attached hydrogens (primary N) is 1. The van der Waals surface area contributed by atoms with Gasteiger partial charge in [-0.3, -0.25) is 4.40 Å². The van der Waals surface area contributed by atoms with Crippen LogP contribution in [0.5, 0.6) is 17.4 Å². The van der Waals surface area contributed by atoms with Gasteiger partial charge in [-0.25, -0.2) is 15.0 Å². The van der Waals surface area contributed by atoms with Crippen molar-refractivity contribution >= 4 is 33.7 Å². The molecule has 5 aromatic rings. The van der Waals surface area contributed by atoms with Crippen LogP contribution in [0.3, 0.4) is 0 Å². The van der Waals surface area contributed by atoms with E-state index in [-0.39, 0.29) is 0 Å². The molecule has 0 saturated heterocycles. The highest BCUT2D eigenvalue weighted by atomic mass is 16.5. The first-order chi connectivity index (χ1) is 15.6. The molecule has 0 aliphatic heterocycles. The Morgan fingerprint density at radius 2 is 1.94 bits per heavy atom. The van der Waals surface area contributed by atoms with Crippen molar-refractivity contribution in [3.8, 4) is 17.4 Å². The highest BCUT2D eigenvalue weighted by Crippen LogP contribution is 2.32. The molecular weight excluding hydrogens is 408 g/mol. The van der Waals surface area contributed by atoms with E-state index < -0.39 is 0 Å². The number of ether oxygens (including phenoxy) is 2. The van der Waals surface area contributed by atoms with Gasteiger partial charge in [-0.05, 0) is 43.7 Å². The van der Waals surface area contributed by atoms with Gasteiger partial charge in [0, 0.05) is 23.2 Å². The van der Waals surface area contributed by atoms with Gasteiger partial charge in [0.1, 0.15) is 36.3 Å². The number of fused-ring (bicyclic) bond motifs is 2. The monoisotopic (exact) mass is 428 g/mol. The molecule has 32 heavy (non-hydrogen) atoms. The molecule has 0 fully saturated rings. The van der Waals surface area contributed by atoms with Crippen molar-refractivity contribution in [3.63, 3.8) is 0 Å². The molecule has 160 valence electrons. The molecule has 0 amide bonds. The van der Waals surface area contributed by atoms with Gasteiger partial charge < -0.3 is 20.5 Å². The third kappa shape index (κ3) is 3.69. The van der Waals surface area contributed by atoms with Crippen molar-refractivity contribution in [1.82, 2.24) is 29.5 Å². The molecule has 3 N–H and O–H groups in total. The maximum atomic E-state index is 6.14. The summed E-state index contributed by atoms with van der Waals surface area (Å²) in [7, 11) is 0. The number of nitrogens with one attached hydrogen (secondary N) is 1. The SMILES string of the molecule is CCOc1cc2ncnc(Nc3ccc(Oc4cc5nncn5cn4)c(C)c3)c2cc1N. The lowest BCUT2D eigenvalue weighted by Crippen LogP contribution is -2.00. The summed E-state index contributed by atoms with van der Waals surface area (Å²) in [5.41, 5.74) is 9.85. The predicted molar refractivity (Wildman–Crippen MR) is 120 cm³/mol. The zero-order chi connectivity index (χ0) is 22.1. The molecule has 0 bridgehead atoms. The maximum absolute atomic E-state index is 6.14. The first kappa shape index (κ1) is 19.5. The van der Waals surface area contributed by atoms with Gasteiger partial charge in [0.05, 0.1) is 17.8 Å². The molecule has 0 aliphatic rings. The van der Waals surface area contributed by atoms with E-state index in [1.807, 2.05) is 44.2 Å². The van der Waals surface area contributed by atoms with Crippen LogP contribution in [0.1, 0.15) is 12.5 Å². The van der Waals surface area contributed by atoms with E-state index in [0.717, 1.165) is 22.2 Å². The Morgan fingerprint density at radius 1 is 1.03 bits per heavy atom. The van der Waals surface area contributed by atoms with Gasteiger partial charge in [0.25, 0.3) is 0 Å². The van der Waals surface area contributed by atoms with Crippen LogP contribution >= 0.6 is 0 Å². The molecule has 2 aromatic carbocycles. The van der Waals surface area contributed by atoms with Crippen LogP contribution in [0.4, 0.5) is 17.2 Å². The maximum Gasteiger partial charge on any atom is 0.224 e. The Bertz CT molecular complexity index is 1430. The van der Waals surface area contributed by atoms with Gasteiger partial charge in [-0.2, -0.15) is 0 Å². The number of aromatic nitrogens is 6. The normalized spacial score (nSPS) is 11.1. The fourth-order valence-electron chi connectivity index (χ4n) is 3.34. The Labute approximate surface area is 183 Å². The fourth-order valence-corrected chi connectivity index (χ4v) is 3.34. The molecule has 0 spiro atoms. The van der Waals surface area contributed by atoms with E-state index in [2.05, 4.69) is 30.5 Å². The zero-order valence-corrected chi connectivity index (χ0v) is 17.5. The number of nitrogens with zero attached hydrogens (tertiary/aromatic N) is 6. The van der Waals surface area contributed by atoms with Crippen LogP contribution in [-0.4, -0.2) is 36.2 Å². The average Bonchev–Trinajstić information content (AvgIpc) is 3.25. The summed E-state index contributed by atoms with van der Waals surface area (Å²) in [6.07, 6.45) is 4.70. The minimum atomic E-state index is 0.441. The number of anilines is 3. The van der Waals surface area contributed by atoms with Gasteiger partial charge in [-0.15, -0.1) is 10.2 Å². The smallest absolute Gasteiger partial charge is 0.224 e. The lowest BCUT2D eigenvalue weighted by atomic mass is 10.1. The molecule has 5 rings (SSSR count). The highest BCUT2D eigenvalue weighted by Gasteiger charge is 2.11. The summed E-state index contributed by atoms with van der Waals surface area (Å²) < 4.78 is 13.2. The molecule has 3 aromatic heterocycles. The molecule has 0 atom stereocenters. The quantitative estimate of drug-likeness (QED) is 0.387. The Balaban J connectivity index is 1.40. The highest BCUT2D eigenvalue weighted by molar-refractivity contribution is 5.94. The van der Waals surface area contributed by atoms with Crippen molar-refractivity contribution in [2.24, 2.45) is 0 Å². The average molecular weight is 428 g/mol. The third-order valence-electron chi connectivity index (χ3n) is 4.88. The number of hydrogen-bond acceptors (Lipinski definition) is 9. The number of nitrogen functional groups attached to an aromatic ring is 1. The Hall–Kier alpha value is -4.47. The number of rotatable bonds is 6. The standard InChI is InChI=1S/C22H20N8O2/c1-3-31-19-8-17-15(7-16(19)23)22(25-10-24-17)28-14-4-5-18(13(2)6-14)32-21-9-20-29-27-12-30(20)11-26-21/h4-12H,3,23H2,1-2H3,(H,24,25,28). The van der Waals surface area contributed by atoms with E-state index in [1.165, 1.54) is 6.33 Å². The van der Waals surface area contributed by atoms with Crippen molar-refractivity contribution in [2.45, 2.75) is 13.8 Å². The fraction of sp³-hybridized carbons (Fsp3) is 0.136. The minimum Gasteiger partial charge on any atom is -0.492 e. The van der Waals surface area contributed by atoms with E-state index in [9.17, 15) is 0 Å². The van der Waals surface area contributed by atoms with Gasteiger partial charge in [0.2, 0.25) is 5.88 Å². The third-order valence-corrected chi connectivity index (χ3v) is 4.88. The number of benzene rings is 2. The van der Waals surface area contributed by atoms with Crippen LogP contribution in [0, 0.1) is 6.92 Å². The number of hydrogen-bond donors (Lipinski definition) is 2. The lowest BCUT2D eigenvalue weighted by molar-refractivity contribution is 0.342. The molecule has 0 unspecified atom stereocenters. The molecule has 0 radical (unpaired) electrons. The summed E-state index contributed by atoms with van der Waals surface area (Å²) in [5.74, 6) is 2.39. The second kappa shape index (κ2) is 7.99. The first-order valence-corrected chi connectivity index (χ1v) is 9.98. The van der Waals surface area contributed by atoms with Crippen LogP contribution < -0.4 is 20.5 Å². The van der Waals surface area contributed by atoms with Gasteiger partial charge in [-0.1, -0.05) is 0 Å². The molecule has 10 heteroatoms. The van der Waals surface area contributed by atoms with Crippen LogP contribution in [-0.2, 0) is 0 Å². The van der Waals surface area contributed by atoms with Crippen LogP contribution in [0.15, 0.2) is 55.4 Å². The summed E-state index contributed by atoms with van der Waals surface area (Å²) in [5, 5.41) is 12.0. The predicted octanol–water partition coefficient (Wildman–Crippen LogP) is 3.89. The summed E-state index contributed by atoms with van der Waals surface area (Å²) in [6.45, 7) is 4.40. The summed E-state index contributed by atoms with van der Waals surface area (Å²) in [6, 6.07) is 11.1. The second-order valence-corrected chi connectivity index (χ2v) is 7.09. The molecule has 0 saturated carbocycles. The largest absolute Gasteiger partial charge is 0.492 e. The Morgan fingerprint density at radius 3 is 2.78 bits per heavy atom. The van der Waals surface area contributed by atoms with Crippen LogP contribution in [0.25, 0.3) is 16.6 Å². The molecule has 10 nitrogen and oxygen atoms in total. The van der Waals surface area contributed by atoms with E-state index in [1.54, 1.807) is 23.1 Å². The minimum absolute atomic E-state index is 0.441. The van der Waals surface area contributed by atoms with Crippen LogP contribution in [0.2, 0.25) is 0 Å². The topological polar surface area (TPSA) is 125 Å². The van der Waals surface area contributed by atoms with E-state index in [4.69, 9.17) is 15.2 Å². The van der Waals surface area contributed by atoms with Gasteiger partial charge >= 0.3 is 0 Å². The van der Waals surface area contributed by atoms with Crippen molar-refractivity contribution in [3.05, 3.63) is 60.9 Å². The van der Waals surface area contributed by atoms with E-state index >= 15 is 0 Å².